The number of aromatic nitrogens is 3. The maximum atomic E-state index is 11.0. The molecule has 11 heteroatoms. The fourth-order valence-corrected chi connectivity index (χ4v) is 2.43. The smallest absolute Gasteiger partial charge is 0.296 e. The second kappa shape index (κ2) is 5.37. The van der Waals surface area contributed by atoms with Crippen LogP contribution in [0, 0.1) is 0 Å². The zero-order valence-electron chi connectivity index (χ0n) is 9.60. The molecule has 0 aliphatic rings. The van der Waals surface area contributed by atoms with E-state index < -0.39 is 15.0 Å². The van der Waals surface area contributed by atoms with E-state index in [1.54, 1.807) is 0 Å². The van der Waals surface area contributed by atoms with Crippen molar-refractivity contribution in [2.45, 2.75) is 4.90 Å². The van der Waals surface area contributed by atoms with Gasteiger partial charge in [0.2, 0.25) is 0 Å². The van der Waals surface area contributed by atoms with Crippen LogP contribution in [0.5, 0.6) is 0 Å². The number of benzene rings is 1. The predicted molar refractivity (Wildman–Crippen MR) is 73.5 cm³/mol. The number of nitrogens with zero attached hydrogens (tertiary/aromatic N) is 4. The second-order valence-corrected chi connectivity index (χ2v) is 5.72. The Morgan fingerprint density at radius 2 is 2.05 bits per heavy atom. The number of rotatable bonds is 3. The molecule has 0 aliphatic heterocycles. The van der Waals surface area contributed by atoms with Crippen LogP contribution in [0.4, 0.5) is 17.2 Å². The third-order valence-electron chi connectivity index (χ3n) is 2.26. The molecular formula is C9H7Cl2N5O3S. The van der Waals surface area contributed by atoms with Gasteiger partial charge in [-0.15, -0.1) is 10.2 Å². The molecule has 0 radical (unpaired) electrons. The van der Waals surface area contributed by atoms with Crippen LogP contribution in [0.25, 0.3) is 0 Å². The number of anilines is 3. The molecule has 8 nitrogen and oxygen atoms in total. The van der Waals surface area contributed by atoms with E-state index in [1.165, 1.54) is 18.3 Å². The topological polar surface area (TPSA) is 122 Å². The van der Waals surface area contributed by atoms with Gasteiger partial charge in [0, 0.05) is 11.8 Å². The van der Waals surface area contributed by atoms with Gasteiger partial charge in [-0.05, 0) is 23.4 Å². The summed E-state index contributed by atoms with van der Waals surface area (Å²) in [5.74, 6) is 0.0994. The van der Waals surface area contributed by atoms with E-state index in [1.807, 2.05) is 0 Å². The highest BCUT2D eigenvalue weighted by molar-refractivity contribution is 7.86. The Bertz CT molecular complexity index is 755. The maximum absolute atomic E-state index is 11.0. The Hall–Kier alpha value is -1.68. The summed E-state index contributed by atoms with van der Waals surface area (Å²) in [6.45, 7) is 0. The molecule has 0 aliphatic carbocycles. The lowest BCUT2D eigenvalue weighted by Gasteiger charge is -2.15. The minimum absolute atomic E-state index is 0.0994. The SMILES string of the molecule is Nc1cc(N(Cl)c2nnncc2Cl)ccc1S(=O)(=O)O. The van der Waals surface area contributed by atoms with Crippen molar-refractivity contribution >= 4 is 50.7 Å². The first kappa shape index (κ1) is 14.7. The van der Waals surface area contributed by atoms with Gasteiger partial charge < -0.3 is 5.73 Å². The number of nitrogen functional groups attached to an aromatic ring is 1. The van der Waals surface area contributed by atoms with Gasteiger partial charge in [0.15, 0.2) is 5.82 Å². The summed E-state index contributed by atoms with van der Waals surface area (Å²) in [4.78, 5) is -0.418. The molecule has 3 N–H and O–H groups in total. The van der Waals surface area contributed by atoms with Gasteiger partial charge in [-0.25, -0.2) is 4.42 Å². The number of nitrogens with two attached hydrogens (primary N) is 1. The summed E-state index contributed by atoms with van der Waals surface area (Å²) in [5.41, 5.74) is 5.67. The summed E-state index contributed by atoms with van der Waals surface area (Å²) < 4.78 is 32.1. The van der Waals surface area contributed by atoms with Gasteiger partial charge in [0.25, 0.3) is 10.1 Å². The molecule has 0 unspecified atom stereocenters. The van der Waals surface area contributed by atoms with Crippen LogP contribution >= 0.6 is 23.4 Å². The molecule has 0 bridgehead atoms. The van der Waals surface area contributed by atoms with Crippen LogP contribution in [-0.4, -0.2) is 28.4 Å². The number of halogens is 2. The lowest BCUT2D eigenvalue weighted by atomic mass is 10.3. The number of hydrogen-bond acceptors (Lipinski definition) is 7. The molecular weight excluding hydrogens is 329 g/mol. The maximum Gasteiger partial charge on any atom is 0.296 e. The zero-order chi connectivity index (χ0) is 14.9. The molecule has 2 aromatic rings. The van der Waals surface area contributed by atoms with E-state index in [0.29, 0.717) is 5.69 Å². The molecule has 0 saturated carbocycles. The summed E-state index contributed by atoms with van der Waals surface area (Å²) in [5, 5.41) is 10.7. The van der Waals surface area contributed by atoms with Gasteiger partial charge >= 0.3 is 0 Å². The Morgan fingerprint density at radius 3 is 2.60 bits per heavy atom. The Morgan fingerprint density at radius 1 is 1.35 bits per heavy atom. The Labute approximate surface area is 124 Å². The van der Waals surface area contributed by atoms with Crippen LogP contribution < -0.4 is 10.2 Å². The van der Waals surface area contributed by atoms with Crippen molar-refractivity contribution in [3.05, 3.63) is 29.4 Å². The highest BCUT2D eigenvalue weighted by atomic mass is 35.5. The molecule has 1 heterocycles. The van der Waals surface area contributed by atoms with Crippen LogP contribution in [0.2, 0.25) is 5.02 Å². The molecule has 0 fully saturated rings. The third kappa shape index (κ3) is 2.90. The van der Waals surface area contributed by atoms with Crippen LogP contribution in [-0.2, 0) is 10.1 Å². The molecule has 0 atom stereocenters. The van der Waals surface area contributed by atoms with E-state index in [-0.39, 0.29) is 16.5 Å². The molecule has 106 valence electrons. The van der Waals surface area contributed by atoms with E-state index in [0.717, 1.165) is 10.5 Å². The molecule has 0 saturated heterocycles. The molecule has 1 aromatic heterocycles. The quantitative estimate of drug-likeness (QED) is 0.493. The fraction of sp³-hybridized carbons (Fsp3) is 0. The van der Waals surface area contributed by atoms with Gasteiger partial charge in [0.05, 0.1) is 17.6 Å². The average molecular weight is 336 g/mol. The molecule has 1 aromatic carbocycles. The predicted octanol–water partition coefficient (Wildman–Crippen LogP) is 1.65. The molecule has 0 amide bonds. The summed E-state index contributed by atoms with van der Waals surface area (Å²) >= 11 is 11.9. The first-order valence-corrected chi connectivity index (χ1v) is 7.13. The van der Waals surface area contributed by atoms with Crippen molar-refractivity contribution in [3.8, 4) is 0 Å². The lowest BCUT2D eigenvalue weighted by molar-refractivity contribution is 0.483. The van der Waals surface area contributed by atoms with Crippen molar-refractivity contribution in [2.75, 3.05) is 10.2 Å². The monoisotopic (exact) mass is 335 g/mol. The molecule has 2 rings (SSSR count). The van der Waals surface area contributed by atoms with E-state index in [9.17, 15) is 8.42 Å². The summed E-state index contributed by atoms with van der Waals surface area (Å²) in [6, 6.07) is 3.68. The fourth-order valence-electron chi connectivity index (χ4n) is 1.40. The average Bonchev–Trinajstić information content (AvgIpc) is 2.37. The third-order valence-corrected chi connectivity index (χ3v) is 3.81. The standard InChI is InChI=1S/C9H7Cl2N5O3S/c10-6-4-13-15-14-9(6)16(11)5-1-2-8(7(12)3-5)20(17,18)19/h1-4H,12H2,(H,17,18,19). The minimum Gasteiger partial charge on any atom is -0.398 e. The van der Waals surface area contributed by atoms with Gasteiger partial charge in [-0.1, -0.05) is 11.6 Å². The van der Waals surface area contributed by atoms with E-state index in [2.05, 4.69) is 15.4 Å². The van der Waals surface area contributed by atoms with E-state index >= 15 is 0 Å². The minimum atomic E-state index is -4.40. The van der Waals surface area contributed by atoms with Gasteiger partial charge in [0.1, 0.15) is 9.92 Å². The van der Waals surface area contributed by atoms with E-state index in [4.69, 9.17) is 33.7 Å². The van der Waals surface area contributed by atoms with Crippen molar-refractivity contribution in [1.29, 1.82) is 0 Å². The number of hydrogen-bond donors (Lipinski definition) is 2. The Balaban J connectivity index is 2.45. The largest absolute Gasteiger partial charge is 0.398 e. The van der Waals surface area contributed by atoms with Crippen LogP contribution in [0.3, 0.4) is 0 Å². The lowest BCUT2D eigenvalue weighted by Crippen LogP contribution is -2.09. The highest BCUT2D eigenvalue weighted by Gasteiger charge is 2.18. The normalized spacial score (nSPS) is 11.3. The highest BCUT2D eigenvalue weighted by Crippen LogP contribution is 2.33. The van der Waals surface area contributed by atoms with Gasteiger partial charge in [-0.3, -0.25) is 4.55 Å². The second-order valence-electron chi connectivity index (χ2n) is 3.58. The van der Waals surface area contributed by atoms with Crippen molar-refractivity contribution < 1.29 is 13.0 Å². The van der Waals surface area contributed by atoms with Crippen molar-refractivity contribution in [3.63, 3.8) is 0 Å². The van der Waals surface area contributed by atoms with Crippen LogP contribution in [0.1, 0.15) is 0 Å². The first-order valence-electron chi connectivity index (χ1n) is 4.97. The van der Waals surface area contributed by atoms with Crippen molar-refractivity contribution in [1.82, 2.24) is 15.4 Å². The summed E-state index contributed by atoms with van der Waals surface area (Å²) in [6.07, 6.45) is 1.25. The van der Waals surface area contributed by atoms with Crippen LogP contribution in [0.15, 0.2) is 29.3 Å². The first-order chi connectivity index (χ1) is 9.30. The van der Waals surface area contributed by atoms with Crippen molar-refractivity contribution in [2.24, 2.45) is 0 Å². The summed E-state index contributed by atoms with van der Waals surface area (Å²) in [7, 11) is -4.40. The Kier molecular flexibility index (Phi) is 3.95. The molecule has 0 spiro atoms. The van der Waals surface area contributed by atoms with Gasteiger partial charge in [-0.2, -0.15) is 8.42 Å². The zero-order valence-corrected chi connectivity index (χ0v) is 11.9. The molecule has 20 heavy (non-hydrogen) atoms.